The molecule has 10 nitrogen and oxygen atoms in total. The number of rotatable bonds is 9. The second kappa shape index (κ2) is 10.9. The van der Waals surface area contributed by atoms with Crippen LogP contribution in [-0.2, 0) is 17.9 Å². The van der Waals surface area contributed by atoms with Crippen LogP contribution in [0.15, 0.2) is 72.1 Å². The molecule has 0 atom stereocenters. The standard InChI is InChI=1S/C28H27N7O3S/c1-17(2)27(36)30-12-13-34(28(37)38)15-18-7-9-19(10-8-18)16-35-24-20-5-3-4-6-21(20)31-25(29)23(24)32-26(35)22-11-14-39-33-22/h3-11,14H,1,12-13,15-16H2,2H3,(H2,29,31)(H,30,36)(H,37,38). The topological polar surface area (TPSA) is 139 Å². The molecule has 0 fully saturated rings. The van der Waals surface area contributed by atoms with Crippen LogP contribution in [0.4, 0.5) is 10.6 Å². The summed E-state index contributed by atoms with van der Waals surface area (Å²) in [4.78, 5) is 34.1. The maximum Gasteiger partial charge on any atom is 0.407 e. The number of hydrogen-bond donors (Lipinski definition) is 3. The molecule has 2 aromatic carbocycles. The van der Waals surface area contributed by atoms with Gasteiger partial charge < -0.3 is 25.6 Å². The van der Waals surface area contributed by atoms with Gasteiger partial charge in [-0.2, -0.15) is 4.37 Å². The van der Waals surface area contributed by atoms with Gasteiger partial charge in [0.05, 0.1) is 11.0 Å². The van der Waals surface area contributed by atoms with E-state index in [0.29, 0.717) is 29.3 Å². The molecule has 0 bridgehead atoms. The molecule has 0 aliphatic heterocycles. The van der Waals surface area contributed by atoms with Crippen LogP contribution in [0.2, 0.25) is 0 Å². The van der Waals surface area contributed by atoms with E-state index in [2.05, 4.69) is 25.8 Å². The lowest BCUT2D eigenvalue weighted by Gasteiger charge is -2.20. The van der Waals surface area contributed by atoms with Crippen LogP contribution in [0.25, 0.3) is 33.5 Å². The number of carbonyl (C=O) groups is 2. The third-order valence-electron chi connectivity index (χ3n) is 6.34. The largest absolute Gasteiger partial charge is 0.465 e. The summed E-state index contributed by atoms with van der Waals surface area (Å²) in [6.45, 7) is 6.26. The summed E-state index contributed by atoms with van der Waals surface area (Å²) in [5, 5.41) is 15.2. The molecule has 0 saturated heterocycles. The van der Waals surface area contributed by atoms with Gasteiger partial charge in [0.25, 0.3) is 0 Å². The first-order valence-corrected chi connectivity index (χ1v) is 13.1. The number of nitrogen functional groups attached to an aromatic ring is 1. The lowest BCUT2D eigenvalue weighted by Crippen LogP contribution is -2.37. The van der Waals surface area contributed by atoms with Crippen molar-refractivity contribution in [1.82, 2.24) is 29.1 Å². The Morgan fingerprint density at radius 3 is 2.54 bits per heavy atom. The number of aromatic nitrogens is 4. The van der Waals surface area contributed by atoms with Crippen LogP contribution >= 0.6 is 11.5 Å². The second-order valence-electron chi connectivity index (χ2n) is 9.17. The number of carboxylic acid groups (broad SMARTS) is 1. The zero-order valence-corrected chi connectivity index (χ0v) is 22.1. The van der Waals surface area contributed by atoms with Gasteiger partial charge in [-0.3, -0.25) is 4.79 Å². The maximum atomic E-state index is 11.8. The van der Waals surface area contributed by atoms with Gasteiger partial charge in [0.2, 0.25) is 5.91 Å². The molecule has 3 aromatic heterocycles. The minimum absolute atomic E-state index is 0.163. The van der Waals surface area contributed by atoms with E-state index >= 15 is 0 Å². The predicted octanol–water partition coefficient (Wildman–Crippen LogP) is 4.51. The average Bonchev–Trinajstić information content (AvgIpc) is 3.58. The fourth-order valence-electron chi connectivity index (χ4n) is 4.39. The number of nitrogens with two attached hydrogens (primary N) is 1. The third-order valence-corrected chi connectivity index (χ3v) is 6.90. The number of para-hydroxylation sites is 1. The summed E-state index contributed by atoms with van der Waals surface area (Å²) < 4.78 is 6.61. The lowest BCUT2D eigenvalue weighted by atomic mass is 10.1. The van der Waals surface area contributed by atoms with E-state index in [9.17, 15) is 14.7 Å². The monoisotopic (exact) mass is 541 g/mol. The minimum atomic E-state index is -1.06. The summed E-state index contributed by atoms with van der Waals surface area (Å²) in [7, 11) is 0. The van der Waals surface area contributed by atoms with E-state index in [1.54, 1.807) is 6.92 Å². The van der Waals surface area contributed by atoms with Crippen molar-refractivity contribution in [1.29, 1.82) is 0 Å². The summed E-state index contributed by atoms with van der Waals surface area (Å²) in [5.74, 6) is 0.774. The van der Waals surface area contributed by atoms with Gasteiger partial charge in [-0.05, 0) is 41.7 Å². The van der Waals surface area contributed by atoms with E-state index in [1.807, 2.05) is 60.0 Å². The van der Waals surface area contributed by atoms with Crippen LogP contribution in [0.1, 0.15) is 18.1 Å². The van der Waals surface area contributed by atoms with Gasteiger partial charge in [-0.25, -0.2) is 14.8 Å². The Morgan fingerprint density at radius 2 is 1.85 bits per heavy atom. The van der Waals surface area contributed by atoms with Crippen molar-refractivity contribution in [2.45, 2.75) is 20.0 Å². The molecule has 39 heavy (non-hydrogen) atoms. The fourth-order valence-corrected chi connectivity index (χ4v) is 4.89. The fraction of sp³-hybridized carbons (Fsp3) is 0.179. The smallest absolute Gasteiger partial charge is 0.407 e. The van der Waals surface area contributed by atoms with Gasteiger partial charge in [0.1, 0.15) is 11.2 Å². The molecule has 0 radical (unpaired) electrons. The summed E-state index contributed by atoms with van der Waals surface area (Å²) in [6.07, 6.45) is -1.06. The number of carbonyl (C=O) groups excluding carboxylic acids is 1. The first-order chi connectivity index (χ1) is 18.8. The number of anilines is 1. The van der Waals surface area contributed by atoms with Gasteiger partial charge in [0.15, 0.2) is 11.6 Å². The number of fused-ring (bicyclic) bond motifs is 3. The Kier molecular flexibility index (Phi) is 7.24. The average molecular weight is 542 g/mol. The number of imidazole rings is 1. The predicted molar refractivity (Wildman–Crippen MR) is 152 cm³/mol. The van der Waals surface area contributed by atoms with Crippen LogP contribution in [0.5, 0.6) is 0 Å². The van der Waals surface area contributed by atoms with Crippen LogP contribution in [0.3, 0.4) is 0 Å². The summed E-state index contributed by atoms with van der Waals surface area (Å²) in [5.41, 5.74) is 11.6. The molecule has 3 heterocycles. The Morgan fingerprint density at radius 1 is 1.10 bits per heavy atom. The first-order valence-electron chi connectivity index (χ1n) is 12.3. The highest BCUT2D eigenvalue weighted by atomic mass is 32.1. The first kappa shape index (κ1) is 25.9. The molecule has 11 heteroatoms. The molecule has 0 aliphatic carbocycles. The van der Waals surface area contributed by atoms with E-state index < -0.39 is 6.09 Å². The summed E-state index contributed by atoms with van der Waals surface area (Å²) in [6, 6.07) is 17.5. The number of pyridine rings is 1. The highest BCUT2D eigenvalue weighted by molar-refractivity contribution is 7.03. The van der Waals surface area contributed by atoms with Gasteiger partial charge >= 0.3 is 6.09 Å². The third kappa shape index (κ3) is 5.43. The molecule has 198 valence electrons. The Balaban J connectivity index is 1.42. The van der Waals surface area contributed by atoms with Crippen LogP contribution in [-0.4, -0.2) is 54.0 Å². The molecular formula is C28H27N7O3S. The molecule has 5 aromatic rings. The quantitative estimate of drug-likeness (QED) is 0.233. The van der Waals surface area contributed by atoms with Gasteiger partial charge in [-0.1, -0.05) is 49.0 Å². The SMILES string of the molecule is C=C(C)C(=O)NCCN(Cc1ccc(Cn2c(-c3ccsn3)nc3c(N)nc4ccccc4c32)cc1)C(=O)O. The van der Waals surface area contributed by atoms with Crippen LogP contribution in [0, 0.1) is 0 Å². The van der Waals surface area contributed by atoms with Crippen molar-refractivity contribution in [3.8, 4) is 11.5 Å². The molecule has 5 rings (SSSR count). The van der Waals surface area contributed by atoms with Crippen molar-refractivity contribution < 1.29 is 14.7 Å². The molecule has 0 spiro atoms. The zero-order valence-electron chi connectivity index (χ0n) is 21.3. The van der Waals surface area contributed by atoms with E-state index in [0.717, 1.165) is 33.2 Å². The number of nitrogens with one attached hydrogen (secondary N) is 1. The summed E-state index contributed by atoms with van der Waals surface area (Å²) >= 11 is 1.36. The number of nitrogens with zero attached hydrogens (tertiary/aromatic N) is 5. The van der Waals surface area contributed by atoms with Crippen molar-refractivity contribution in [3.05, 3.63) is 83.3 Å². The number of amides is 2. The van der Waals surface area contributed by atoms with Crippen molar-refractivity contribution in [2.24, 2.45) is 0 Å². The zero-order chi connectivity index (χ0) is 27.5. The van der Waals surface area contributed by atoms with E-state index in [-0.39, 0.29) is 25.5 Å². The van der Waals surface area contributed by atoms with E-state index in [1.165, 1.54) is 16.4 Å². The maximum absolute atomic E-state index is 11.8. The van der Waals surface area contributed by atoms with Gasteiger partial charge in [0, 0.05) is 42.5 Å². The molecule has 0 unspecified atom stereocenters. The molecule has 0 aliphatic rings. The Hall–Kier alpha value is -4.77. The van der Waals surface area contributed by atoms with Crippen LogP contribution < -0.4 is 11.1 Å². The van der Waals surface area contributed by atoms with Crippen molar-refractivity contribution >= 4 is 51.3 Å². The highest BCUT2D eigenvalue weighted by Gasteiger charge is 2.20. The molecule has 4 N–H and O–H groups in total. The normalized spacial score (nSPS) is 11.1. The Labute approximate surface area is 228 Å². The molecule has 2 amide bonds. The number of hydrogen-bond acceptors (Lipinski definition) is 7. The highest BCUT2D eigenvalue weighted by Crippen LogP contribution is 2.33. The Bertz CT molecular complexity index is 1680. The lowest BCUT2D eigenvalue weighted by molar-refractivity contribution is -0.117. The van der Waals surface area contributed by atoms with Crippen molar-refractivity contribution in [2.75, 3.05) is 18.8 Å². The van der Waals surface area contributed by atoms with Crippen molar-refractivity contribution in [3.63, 3.8) is 0 Å². The minimum Gasteiger partial charge on any atom is -0.465 e. The second-order valence-corrected chi connectivity index (χ2v) is 9.84. The van der Waals surface area contributed by atoms with Gasteiger partial charge in [-0.15, -0.1) is 0 Å². The molecule has 0 saturated carbocycles. The van der Waals surface area contributed by atoms with E-state index in [4.69, 9.17) is 10.7 Å². The molecular weight excluding hydrogens is 514 g/mol. The number of benzene rings is 2.